The summed E-state index contributed by atoms with van der Waals surface area (Å²) < 4.78 is 13.8. The molecule has 2 bridgehead atoms. The van der Waals surface area contributed by atoms with Crippen LogP contribution in [0.2, 0.25) is 0 Å². The van der Waals surface area contributed by atoms with E-state index >= 15 is 0 Å². The van der Waals surface area contributed by atoms with Crippen LogP contribution >= 0.6 is 11.8 Å². The Hall–Kier alpha value is -1.03. The van der Waals surface area contributed by atoms with Gasteiger partial charge in [-0.15, -0.1) is 0 Å². The monoisotopic (exact) mass is 279 g/mol. The maximum absolute atomic E-state index is 13.8. The number of halogens is 1. The molecule has 2 aliphatic rings. The standard InChI is InChI=1S/C15H18FNOS/c1-19-12-8-10-6-7-11(9-12)17(10)15(18)13-4-2-3-5-14(13)16/h2-5,10-12H,6-9H2,1H3/t10-,11+,12?. The molecule has 1 amide bonds. The maximum atomic E-state index is 13.8. The molecule has 19 heavy (non-hydrogen) atoms. The van der Waals surface area contributed by atoms with Gasteiger partial charge in [-0.2, -0.15) is 11.8 Å². The molecule has 1 aromatic rings. The molecule has 0 radical (unpaired) electrons. The summed E-state index contributed by atoms with van der Waals surface area (Å²) in [6, 6.07) is 6.93. The molecule has 0 aromatic heterocycles. The Morgan fingerprint density at radius 1 is 1.26 bits per heavy atom. The highest BCUT2D eigenvalue weighted by Gasteiger charge is 2.43. The fraction of sp³-hybridized carbons (Fsp3) is 0.533. The van der Waals surface area contributed by atoms with E-state index in [9.17, 15) is 9.18 Å². The maximum Gasteiger partial charge on any atom is 0.257 e. The molecular formula is C15H18FNOS. The number of hydrogen-bond acceptors (Lipinski definition) is 2. The molecule has 3 rings (SSSR count). The summed E-state index contributed by atoms with van der Waals surface area (Å²) in [5.74, 6) is -0.524. The summed E-state index contributed by atoms with van der Waals surface area (Å²) >= 11 is 1.89. The first-order valence-corrected chi connectivity index (χ1v) is 8.09. The predicted molar refractivity (Wildman–Crippen MR) is 75.9 cm³/mol. The van der Waals surface area contributed by atoms with Crippen molar-refractivity contribution in [1.29, 1.82) is 0 Å². The van der Waals surface area contributed by atoms with Gasteiger partial charge in [-0.25, -0.2) is 4.39 Å². The molecule has 0 N–H and O–H groups in total. The number of benzene rings is 1. The molecule has 2 nitrogen and oxygen atoms in total. The molecule has 2 fully saturated rings. The van der Waals surface area contributed by atoms with Crippen LogP contribution in [0.15, 0.2) is 24.3 Å². The topological polar surface area (TPSA) is 20.3 Å². The second-order valence-electron chi connectivity index (χ2n) is 5.41. The van der Waals surface area contributed by atoms with Crippen molar-refractivity contribution in [3.8, 4) is 0 Å². The van der Waals surface area contributed by atoms with Crippen molar-refractivity contribution in [2.45, 2.75) is 43.0 Å². The van der Waals surface area contributed by atoms with Gasteiger partial charge < -0.3 is 4.90 Å². The van der Waals surface area contributed by atoms with Gasteiger partial charge in [0.1, 0.15) is 5.82 Å². The van der Waals surface area contributed by atoms with E-state index in [2.05, 4.69) is 6.26 Å². The zero-order valence-electron chi connectivity index (χ0n) is 11.0. The van der Waals surface area contributed by atoms with Gasteiger partial charge in [-0.05, 0) is 44.1 Å². The van der Waals surface area contributed by atoms with Crippen molar-refractivity contribution in [2.75, 3.05) is 6.26 Å². The van der Waals surface area contributed by atoms with Gasteiger partial charge in [-0.1, -0.05) is 12.1 Å². The highest BCUT2D eigenvalue weighted by Crippen LogP contribution is 2.40. The van der Waals surface area contributed by atoms with Gasteiger partial charge in [0.25, 0.3) is 5.91 Å². The van der Waals surface area contributed by atoms with E-state index in [1.165, 1.54) is 6.07 Å². The number of carbonyl (C=O) groups excluding carboxylic acids is 1. The molecule has 102 valence electrons. The van der Waals surface area contributed by atoms with Gasteiger partial charge in [0.05, 0.1) is 5.56 Å². The molecule has 1 unspecified atom stereocenters. The van der Waals surface area contributed by atoms with Crippen LogP contribution in [-0.2, 0) is 0 Å². The van der Waals surface area contributed by atoms with E-state index < -0.39 is 5.82 Å². The molecule has 0 spiro atoms. The quantitative estimate of drug-likeness (QED) is 0.827. The van der Waals surface area contributed by atoms with Crippen molar-refractivity contribution in [3.63, 3.8) is 0 Å². The van der Waals surface area contributed by atoms with Crippen molar-refractivity contribution < 1.29 is 9.18 Å². The lowest BCUT2D eigenvalue weighted by molar-refractivity contribution is 0.0597. The van der Waals surface area contributed by atoms with Crippen LogP contribution in [0.4, 0.5) is 4.39 Å². The molecule has 0 saturated carbocycles. The van der Waals surface area contributed by atoms with E-state index in [1.807, 2.05) is 16.7 Å². The number of nitrogens with zero attached hydrogens (tertiary/aromatic N) is 1. The highest BCUT2D eigenvalue weighted by molar-refractivity contribution is 7.99. The minimum absolute atomic E-state index is 0.120. The zero-order valence-corrected chi connectivity index (χ0v) is 11.8. The summed E-state index contributed by atoms with van der Waals surface area (Å²) in [6.45, 7) is 0. The van der Waals surface area contributed by atoms with E-state index in [4.69, 9.17) is 0 Å². The fourth-order valence-corrected chi connectivity index (χ4v) is 4.25. The third-order valence-corrected chi connectivity index (χ3v) is 5.41. The summed E-state index contributed by atoms with van der Waals surface area (Å²) in [6.07, 6.45) is 6.39. The number of hydrogen-bond donors (Lipinski definition) is 0. The van der Waals surface area contributed by atoms with E-state index in [-0.39, 0.29) is 11.5 Å². The predicted octanol–water partition coefficient (Wildman–Crippen LogP) is 3.32. The highest BCUT2D eigenvalue weighted by atomic mass is 32.2. The average Bonchev–Trinajstić information content (AvgIpc) is 2.69. The number of carbonyl (C=O) groups is 1. The van der Waals surface area contributed by atoms with Crippen LogP contribution in [-0.4, -0.2) is 34.4 Å². The molecule has 2 saturated heterocycles. The SMILES string of the molecule is CSC1C[C@H]2CC[C@@H](C1)N2C(=O)c1ccccc1F. The first-order chi connectivity index (χ1) is 9.20. The third-order valence-electron chi connectivity index (χ3n) is 4.36. The summed E-state index contributed by atoms with van der Waals surface area (Å²) in [7, 11) is 0. The Morgan fingerprint density at radius 2 is 1.89 bits per heavy atom. The number of fused-ring (bicyclic) bond motifs is 2. The lowest BCUT2D eigenvalue weighted by Crippen LogP contribution is -2.47. The zero-order chi connectivity index (χ0) is 13.4. The van der Waals surface area contributed by atoms with Crippen LogP contribution in [0.1, 0.15) is 36.0 Å². The van der Waals surface area contributed by atoms with Gasteiger partial charge in [0, 0.05) is 17.3 Å². The van der Waals surface area contributed by atoms with Gasteiger partial charge in [0.15, 0.2) is 0 Å². The van der Waals surface area contributed by atoms with E-state index in [0.29, 0.717) is 17.3 Å². The molecule has 4 heteroatoms. The van der Waals surface area contributed by atoms with Crippen LogP contribution in [0.25, 0.3) is 0 Å². The van der Waals surface area contributed by atoms with Crippen molar-refractivity contribution in [2.24, 2.45) is 0 Å². The van der Waals surface area contributed by atoms with Gasteiger partial charge in [0.2, 0.25) is 0 Å². The minimum Gasteiger partial charge on any atom is -0.333 e. The van der Waals surface area contributed by atoms with E-state index in [0.717, 1.165) is 25.7 Å². The van der Waals surface area contributed by atoms with Crippen molar-refractivity contribution in [1.82, 2.24) is 4.90 Å². The molecule has 1 aromatic carbocycles. The lowest BCUT2D eigenvalue weighted by Gasteiger charge is -2.38. The van der Waals surface area contributed by atoms with Gasteiger partial charge in [-0.3, -0.25) is 4.79 Å². The summed E-state index contributed by atoms with van der Waals surface area (Å²) in [5.41, 5.74) is 0.224. The fourth-order valence-electron chi connectivity index (χ4n) is 3.42. The largest absolute Gasteiger partial charge is 0.333 e. The van der Waals surface area contributed by atoms with Gasteiger partial charge >= 0.3 is 0 Å². The second kappa shape index (κ2) is 5.16. The Bertz CT molecular complexity index is 479. The smallest absolute Gasteiger partial charge is 0.257 e. The normalized spacial score (nSPS) is 29.6. The number of rotatable bonds is 2. The first kappa shape index (κ1) is 13.0. The average molecular weight is 279 g/mol. The van der Waals surface area contributed by atoms with Crippen molar-refractivity contribution >= 4 is 17.7 Å². The third kappa shape index (κ3) is 2.27. The second-order valence-corrected chi connectivity index (χ2v) is 6.54. The Morgan fingerprint density at radius 3 is 2.47 bits per heavy atom. The summed E-state index contributed by atoms with van der Waals surface area (Å²) in [5, 5.41) is 0.655. The van der Waals surface area contributed by atoms with Crippen LogP contribution in [0.5, 0.6) is 0 Å². The van der Waals surface area contributed by atoms with Crippen LogP contribution in [0.3, 0.4) is 0 Å². The minimum atomic E-state index is -0.404. The van der Waals surface area contributed by atoms with Crippen molar-refractivity contribution in [3.05, 3.63) is 35.6 Å². The molecule has 2 heterocycles. The lowest BCUT2D eigenvalue weighted by atomic mass is 10.0. The Balaban J connectivity index is 1.84. The molecular weight excluding hydrogens is 261 g/mol. The molecule has 2 aliphatic heterocycles. The first-order valence-electron chi connectivity index (χ1n) is 6.80. The molecule has 3 atom stereocenters. The van der Waals surface area contributed by atoms with E-state index in [1.54, 1.807) is 18.2 Å². The number of piperidine rings is 1. The number of amides is 1. The Kier molecular flexibility index (Phi) is 3.52. The number of thioether (sulfide) groups is 1. The van der Waals surface area contributed by atoms with Crippen LogP contribution < -0.4 is 0 Å². The van der Waals surface area contributed by atoms with Crippen LogP contribution in [0, 0.1) is 5.82 Å². The molecule has 0 aliphatic carbocycles. The Labute approximate surface area is 117 Å². The summed E-state index contributed by atoms with van der Waals surface area (Å²) in [4.78, 5) is 14.5.